The van der Waals surface area contributed by atoms with E-state index in [9.17, 15) is 15.0 Å². The average molecular weight is 326 g/mol. The lowest BCUT2D eigenvalue weighted by atomic mass is 9.97. The summed E-state index contributed by atoms with van der Waals surface area (Å²) in [4.78, 5) is 12.0. The number of hydrogen-bond donors (Lipinski definition) is 2. The number of benzene rings is 2. The normalized spacial score (nSPS) is 16.8. The fraction of sp³-hybridized carbons (Fsp3) is 0.222. The molecule has 0 aliphatic carbocycles. The molecular formula is C18H18N2O4. The van der Waals surface area contributed by atoms with Crippen molar-refractivity contribution in [1.82, 2.24) is 5.01 Å². The van der Waals surface area contributed by atoms with Crippen LogP contribution in [0.15, 0.2) is 47.6 Å². The Labute approximate surface area is 139 Å². The van der Waals surface area contributed by atoms with Crippen molar-refractivity contribution in [2.45, 2.75) is 19.4 Å². The summed E-state index contributed by atoms with van der Waals surface area (Å²) in [6.07, 6.45) is 0.447. The van der Waals surface area contributed by atoms with Crippen LogP contribution in [0.4, 0.5) is 0 Å². The number of ether oxygens (including phenoxy) is 1. The summed E-state index contributed by atoms with van der Waals surface area (Å²) in [5, 5.41) is 25.8. The van der Waals surface area contributed by atoms with Gasteiger partial charge in [0.05, 0.1) is 18.9 Å². The summed E-state index contributed by atoms with van der Waals surface area (Å²) in [5.41, 5.74) is 1.98. The fourth-order valence-corrected chi connectivity index (χ4v) is 2.85. The van der Waals surface area contributed by atoms with E-state index in [-0.39, 0.29) is 23.4 Å². The number of phenolic OH excluding ortho intramolecular Hbond substituents is 2. The van der Waals surface area contributed by atoms with Gasteiger partial charge in [-0.25, -0.2) is 5.01 Å². The van der Waals surface area contributed by atoms with Gasteiger partial charge in [0.1, 0.15) is 5.75 Å². The third kappa shape index (κ3) is 2.78. The fourth-order valence-electron chi connectivity index (χ4n) is 2.85. The van der Waals surface area contributed by atoms with Crippen molar-refractivity contribution in [2.75, 3.05) is 7.11 Å². The SMILES string of the molecule is COc1ccc(C2CC(c3ccccc3O)=NN2C(C)=O)cc1O. The van der Waals surface area contributed by atoms with Crippen molar-refractivity contribution in [1.29, 1.82) is 0 Å². The number of nitrogens with zero attached hydrogens (tertiary/aromatic N) is 2. The molecule has 1 aliphatic heterocycles. The predicted octanol–water partition coefficient (Wildman–Crippen LogP) is 2.80. The molecule has 1 amide bonds. The smallest absolute Gasteiger partial charge is 0.240 e. The molecule has 0 fully saturated rings. The standard InChI is InChI=1S/C18H18N2O4/c1-11(21)20-15(12-7-8-18(24-2)17(23)9-12)10-14(19-20)13-5-3-4-6-16(13)22/h3-9,15,22-23H,10H2,1-2H3. The van der Waals surface area contributed by atoms with Crippen molar-refractivity contribution < 1.29 is 19.7 Å². The maximum atomic E-state index is 12.0. The summed E-state index contributed by atoms with van der Waals surface area (Å²) >= 11 is 0. The first-order valence-corrected chi connectivity index (χ1v) is 7.53. The molecule has 0 radical (unpaired) electrons. The van der Waals surface area contributed by atoms with Gasteiger partial charge in [-0.1, -0.05) is 18.2 Å². The van der Waals surface area contributed by atoms with Gasteiger partial charge >= 0.3 is 0 Å². The van der Waals surface area contributed by atoms with E-state index < -0.39 is 0 Å². The summed E-state index contributed by atoms with van der Waals surface area (Å²) in [6, 6.07) is 11.6. The number of rotatable bonds is 3. The molecule has 1 unspecified atom stereocenters. The molecule has 2 N–H and O–H groups in total. The second kappa shape index (κ2) is 6.23. The average Bonchev–Trinajstić information content (AvgIpc) is 3.00. The zero-order valence-corrected chi connectivity index (χ0v) is 13.4. The highest BCUT2D eigenvalue weighted by molar-refractivity contribution is 6.05. The number of carbonyl (C=O) groups excluding carboxylic acids is 1. The molecule has 24 heavy (non-hydrogen) atoms. The zero-order valence-electron chi connectivity index (χ0n) is 13.4. The van der Waals surface area contributed by atoms with Crippen molar-refractivity contribution in [2.24, 2.45) is 5.10 Å². The summed E-state index contributed by atoms with van der Waals surface area (Å²) in [6.45, 7) is 1.44. The first-order chi connectivity index (χ1) is 11.5. The highest BCUT2D eigenvalue weighted by atomic mass is 16.5. The van der Waals surface area contributed by atoms with Gasteiger partial charge in [0.2, 0.25) is 5.91 Å². The van der Waals surface area contributed by atoms with E-state index in [0.29, 0.717) is 23.4 Å². The number of para-hydroxylation sites is 1. The Kier molecular flexibility index (Phi) is 4.12. The molecule has 1 heterocycles. The molecule has 0 saturated heterocycles. The molecule has 124 valence electrons. The van der Waals surface area contributed by atoms with Gasteiger partial charge in [0.15, 0.2) is 11.5 Å². The number of carbonyl (C=O) groups is 1. The Hall–Kier alpha value is -3.02. The van der Waals surface area contributed by atoms with E-state index in [2.05, 4.69) is 5.10 Å². The molecular weight excluding hydrogens is 308 g/mol. The second-order valence-corrected chi connectivity index (χ2v) is 5.58. The Bertz CT molecular complexity index is 816. The van der Waals surface area contributed by atoms with Crippen LogP contribution in [0.25, 0.3) is 0 Å². The van der Waals surface area contributed by atoms with Gasteiger partial charge < -0.3 is 14.9 Å². The Morgan fingerprint density at radius 1 is 1.21 bits per heavy atom. The van der Waals surface area contributed by atoms with Gasteiger partial charge in [-0.05, 0) is 29.8 Å². The molecule has 6 heteroatoms. The van der Waals surface area contributed by atoms with Crippen LogP contribution in [-0.2, 0) is 4.79 Å². The summed E-state index contributed by atoms with van der Waals surface area (Å²) < 4.78 is 5.05. The molecule has 3 rings (SSSR count). The van der Waals surface area contributed by atoms with Crippen LogP contribution < -0.4 is 4.74 Å². The monoisotopic (exact) mass is 326 g/mol. The topological polar surface area (TPSA) is 82.4 Å². The number of aromatic hydroxyl groups is 2. The molecule has 0 aromatic heterocycles. The number of methoxy groups -OCH3 is 1. The van der Waals surface area contributed by atoms with Crippen LogP contribution in [0.2, 0.25) is 0 Å². The number of amides is 1. The van der Waals surface area contributed by atoms with E-state index in [0.717, 1.165) is 5.56 Å². The van der Waals surface area contributed by atoms with Gasteiger partial charge in [-0.15, -0.1) is 0 Å². The van der Waals surface area contributed by atoms with Crippen LogP contribution in [0, 0.1) is 0 Å². The van der Waals surface area contributed by atoms with E-state index in [4.69, 9.17) is 4.74 Å². The molecule has 0 spiro atoms. The number of phenols is 2. The van der Waals surface area contributed by atoms with Crippen LogP contribution in [0.5, 0.6) is 17.2 Å². The van der Waals surface area contributed by atoms with Crippen molar-refractivity contribution in [3.8, 4) is 17.2 Å². The van der Waals surface area contributed by atoms with Crippen molar-refractivity contribution in [3.63, 3.8) is 0 Å². The van der Waals surface area contributed by atoms with Gasteiger partial charge in [-0.2, -0.15) is 5.10 Å². The minimum absolute atomic E-state index is 0.00881. The third-order valence-electron chi connectivity index (χ3n) is 4.04. The number of hydrogen-bond acceptors (Lipinski definition) is 5. The lowest BCUT2D eigenvalue weighted by Crippen LogP contribution is -2.24. The first-order valence-electron chi connectivity index (χ1n) is 7.53. The second-order valence-electron chi connectivity index (χ2n) is 5.58. The quantitative estimate of drug-likeness (QED) is 0.908. The van der Waals surface area contributed by atoms with Crippen LogP contribution in [0.3, 0.4) is 0 Å². The van der Waals surface area contributed by atoms with Crippen LogP contribution in [-0.4, -0.2) is 34.0 Å². The maximum absolute atomic E-state index is 12.0. The summed E-state index contributed by atoms with van der Waals surface area (Å²) in [5.74, 6) is 0.293. The Balaban J connectivity index is 1.97. The highest BCUT2D eigenvalue weighted by Crippen LogP contribution is 2.37. The van der Waals surface area contributed by atoms with E-state index in [1.165, 1.54) is 19.0 Å². The Morgan fingerprint density at radius 3 is 2.58 bits per heavy atom. The van der Waals surface area contributed by atoms with Crippen LogP contribution in [0.1, 0.15) is 30.5 Å². The summed E-state index contributed by atoms with van der Waals surface area (Å²) in [7, 11) is 1.48. The lowest BCUT2D eigenvalue weighted by Gasteiger charge is -2.21. The van der Waals surface area contributed by atoms with Crippen LogP contribution >= 0.6 is 0 Å². The van der Waals surface area contributed by atoms with Gasteiger partial charge in [0, 0.05) is 18.9 Å². The van der Waals surface area contributed by atoms with E-state index in [1.807, 2.05) is 6.07 Å². The van der Waals surface area contributed by atoms with Gasteiger partial charge in [-0.3, -0.25) is 4.79 Å². The van der Waals surface area contributed by atoms with Crippen molar-refractivity contribution in [3.05, 3.63) is 53.6 Å². The van der Waals surface area contributed by atoms with E-state index in [1.54, 1.807) is 36.4 Å². The molecule has 2 aromatic carbocycles. The van der Waals surface area contributed by atoms with E-state index >= 15 is 0 Å². The number of hydrazone groups is 1. The molecule has 0 bridgehead atoms. The molecule has 6 nitrogen and oxygen atoms in total. The maximum Gasteiger partial charge on any atom is 0.240 e. The minimum atomic E-state index is -0.339. The molecule has 1 aliphatic rings. The zero-order chi connectivity index (χ0) is 17.3. The van der Waals surface area contributed by atoms with Crippen molar-refractivity contribution >= 4 is 11.6 Å². The lowest BCUT2D eigenvalue weighted by molar-refractivity contribution is -0.130. The predicted molar refractivity (Wildman–Crippen MR) is 89.2 cm³/mol. The largest absolute Gasteiger partial charge is 0.507 e. The minimum Gasteiger partial charge on any atom is -0.507 e. The molecule has 1 atom stereocenters. The molecule has 2 aromatic rings. The first kappa shape index (κ1) is 15.9. The molecule has 0 saturated carbocycles. The van der Waals surface area contributed by atoms with Gasteiger partial charge in [0.25, 0.3) is 0 Å². The highest BCUT2D eigenvalue weighted by Gasteiger charge is 2.32. The third-order valence-corrected chi connectivity index (χ3v) is 4.04. The Morgan fingerprint density at radius 2 is 1.96 bits per heavy atom.